The lowest BCUT2D eigenvalue weighted by molar-refractivity contribution is -0.121. The zero-order chi connectivity index (χ0) is 19.1. The first kappa shape index (κ1) is 19.8. The van der Waals surface area contributed by atoms with E-state index in [2.05, 4.69) is 31.3 Å². The van der Waals surface area contributed by atoms with Gasteiger partial charge in [0.05, 0.1) is 25.7 Å². The molecule has 0 aliphatic carbocycles. The largest absolute Gasteiger partial charge is 0.490 e. The van der Waals surface area contributed by atoms with E-state index in [1.54, 1.807) is 0 Å². The van der Waals surface area contributed by atoms with E-state index in [-0.39, 0.29) is 11.9 Å². The number of benzene rings is 2. The summed E-state index contributed by atoms with van der Waals surface area (Å²) in [5.74, 6) is 1.45. The van der Waals surface area contributed by atoms with Crippen LogP contribution in [0.15, 0.2) is 36.4 Å². The smallest absolute Gasteiger partial charge is 0.224 e. The van der Waals surface area contributed by atoms with Crippen LogP contribution in [0.4, 0.5) is 0 Å². The van der Waals surface area contributed by atoms with Crippen LogP contribution in [0.25, 0.3) is 0 Å². The number of amides is 1. The normalized spacial score (nSPS) is 11.7. The first-order valence-electron chi connectivity index (χ1n) is 9.19. The highest BCUT2D eigenvalue weighted by molar-refractivity contribution is 5.79. The topological polar surface area (TPSA) is 47.6 Å². The number of nitrogens with one attached hydrogen (secondary N) is 1. The summed E-state index contributed by atoms with van der Waals surface area (Å²) in [6.45, 7) is 11.1. The quantitative estimate of drug-likeness (QED) is 0.757. The summed E-state index contributed by atoms with van der Waals surface area (Å²) < 4.78 is 11.3. The van der Waals surface area contributed by atoms with Gasteiger partial charge in [-0.05, 0) is 69.0 Å². The molecular formula is C22H29NO3. The van der Waals surface area contributed by atoms with Crippen LogP contribution in [0, 0.1) is 13.8 Å². The molecule has 0 fully saturated rings. The van der Waals surface area contributed by atoms with E-state index in [9.17, 15) is 4.79 Å². The lowest BCUT2D eigenvalue weighted by Gasteiger charge is -2.18. The molecule has 1 atom stereocenters. The third kappa shape index (κ3) is 5.25. The van der Waals surface area contributed by atoms with Gasteiger partial charge in [0.25, 0.3) is 0 Å². The molecule has 0 heterocycles. The molecule has 0 bridgehead atoms. The molecule has 0 aliphatic heterocycles. The van der Waals surface area contributed by atoms with Crippen LogP contribution in [0.3, 0.4) is 0 Å². The van der Waals surface area contributed by atoms with Crippen molar-refractivity contribution in [2.24, 2.45) is 0 Å². The predicted molar refractivity (Wildman–Crippen MR) is 105 cm³/mol. The summed E-state index contributed by atoms with van der Waals surface area (Å²) in [5, 5.41) is 3.06. The van der Waals surface area contributed by atoms with Gasteiger partial charge in [0, 0.05) is 0 Å². The highest BCUT2D eigenvalue weighted by Gasteiger charge is 2.14. The molecular weight excluding hydrogens is 326 g/mol. The fourth-order valence-corrected chi connectivity index (χ4v) is 2.81. The van der Waals surface area contributed by atoms with E-state index in [1.807, 2.05) is 45.0 Å². The fourth-order valence-electron chi connectivity index (χ4n) is 2.81. The molecule has 26 heavy (non-hydrogen) atoms. The predicted octanol–water partition coefficient (Wildman–Crippen LogP) is 4.52. The Morgan fingerprint density at radius 3 is 2.31 bits per heavy atom. The molecule has 4 nitrogen and oxygen atoms in total. The second-order valence-corrected chi connectivity index (χ2v) is 6.46. The second kappa shape index (κ2) is 9.27. The number of carbonyl (C=O) groups is 1. The maximum Gasteiger partial charge on any atom is 0.224 e. The zero-order valence-corrected chi connectivity index (χ0v) is 16.4. The molecule has 0 unspecified atom stereocenters. The van der Waals surface area contributed by atoms with Crippen molar-refractivity contribution in [2.45, 2.75) is 47.1 Å². The molecule has 2 aromatic carbocycles. The van der Waals surface area contributed by atoms with E-state index in [1.165, 1.54) is 11.1 Å². The van der Waals surface area contributed by atoms with Crippen molar-refractivity contribution in [2.75, 3.05) is 13.2 Å². The van der Waals surface area contributed by atoms with Crippen molar-refractivity contribution in [1.82, 2.24) is 5.32 Å². The van der Waals surface area contributed by atoms with Gasteiger partial charge < -0.3 is 14.8 Å². The Morgan fingerprint density at radius 1 is 0.962 bits per heavy atom. The summed E-state index contributed by atoms with van der Waals surface area (Å²) in [6.07, 6.45) is 0.376. The SMILES string of the molecule is CCOc1ccc([C@@H](C)NC(=O)Cc2ccc(C)c(C)c2)cc1OCC. The second-order valence-electron chi connectivity index (χ2n) is 6.46. The monoisotopic (exact) mass is 355 g/mol. The van der Waals surface area contributed by atoms with Crippen LogP contribution in [0.2, 0.25) is 0 Å². The molecule has 140 valence electrons. The molecule has 0 spiro atoms. The van der Waals surface area contributed by atoms with Crippen molar-refractivity contribution in [3.05, 3.63) is 58.7 Å². The minimum Gasteiger partial charge on any atom is -0.490 e. The Kier molecular flexibility index (Phi) is 7.07. The standard InChI is InChI=1S/C22H29NO3/c1-6-25-20-11-10-19(14-21(20)26-7-2)17(5)23-22(24)13-18-9-8-15(3)16(4)12-18/h8-12,14,17H,6-7,13H2,1-5H3,(H,23,24)/t17-/m1/s1. The van der Waals surface area contributed by atoms with Crippen molar-refractivity contribution in [1.29, 1.82) is 0 Å². The summed E-state index contributed by atoms with van der Waals surface area (Å²) in [5.41, 5.74) is 4.46. The lowest BCUT2D eigenvalue weighted by Crippen LogP contribution is -2.28. The van der Waals surface area contributed by atoms with E-state index in [4.69, 9.17) is 9.47 Å². The highest BCUT2D eigenvalue weighted by atomic mass is 16.5. The van der Waals surface area contributed by atoms with Gasteiger partial charge in [0.2, 0.25) is 5.91 Å². The first-order chi connectivity index (χ1) is 12.4. The molecule has 0 aliphatic rings. The maximum atomic E-state index is 12.4. The lowest BCUT2D eigenvalue weighted by atomic mass is 10.0. The average molecular weight is 355 g/mol. The van der Waals surface area contributed by atoms with Crippen molar-refractivity contribution in [3.8, 4) is 11.5 Å². The number of aryl methyl sites for hydroxylation is 2. The maximum absolute atomic E-state index is 12.4. The highest BCUT2D eigenvalue weighted by Crippen LogP contribution is 2.30. The third-order valence-corrected chi connectivity index (χ3v) is 4.38. The van der Waals surface area contributed by atoms with Crippen molar-refractivity contribution >= 4 is 5.91 Å². The average Bonchev–Trinajstić information content (AvgIpc) is 2.60. The molecule has 4 heteroatoms. The zero-order valence-electron chi connectivity index (χ0n) is 16.4. The minimum absolute atomic E-state index is 0.00703. The van der Waals surface area contributed by atoms with E-state index in [0.717, 1.165) is 16.9 Å². The van der Waals surface area contributed by atoms with Crippen LogP contribution >= 0.6 is 0 Å². The van der Waals surface area contributed by atoms with E-state index >= 15 is 0 Å². The molecule has 1 N–H and O–H groups in total. The first-order valence-corrected chi connectivity index (χ1v) is 9.19. The third-order valence-electron chi connectivity index (χ3n) is 4.38. The Hall–Kier alpha value is -2.49. The molecule has 1 amide bonds. The van der Waals surface area contributed by atoms with E-state index in [0.29, 0.717) is 25.4 Å². The summed E-state index contributed by atoms with van der Waals surface area (Å²) >= 11 is 0. The molecule has 0 radical (unpaired) electrons. The number of carbonyl (C=O) groups excluding carboxylic acids is 1. The summed E-state index contributed by atoms with van der Waals surface area (Å²) in [7, 11) is 0. The summed E-state index contributed by atoms with van der Waals surface area (Å²) in [4.78, 5) is 12.4. The van der Waals surface area contributed by atoms with Crippen LogP contribution in [0.1, 0.15) is 49.1 Å². The van der Waals surface area contributed by atoms with Gasteiger partial charge in [-0.1, -0.05) is 24.3 Å². The number of hydrogen-bond acceptors (Lipinski definition) is 3. The Labute approximate surface area is 156 Å². The van der Waals surface area contributed by atoms with Gasteiger partial charge in [0.15, 0.2) is 11.5 Å². The molecule has 2 rings (SSSR count). The fraction of sp³-hybridized carbons (Fsp3) is 0.409. The van der Waals surface area contributed by atoms with Crippen molar-refractivity contribution < 1.29 is 14.3 Å². The van der Waals surface area contributed by atoms with Crippen LogP contribution in [-0.4, -0.2) is 19.1 Å². The van der Waals surface area contributed by atoms with Crippen LogP contribution in [0.5, 0.6) is 11.5 Å². The molecule has 0 saturated carbocycles. The van der Waals surface area contributed by atoms with E-state index < -0.39 is 0 Å². The van der Waals surface area contributed by atoms with Gasteiger partial charge in [-0.25, -0.2) is 0 Å². The van der Waals surface area contributed by atoms with Gasteiger partial charge in [-0.2, -0.15) is 0 Å². The van der Waals surface area contributed by atoms with Crippen LogP contribution in [-0.2, 0) is 11.2 Å². The molecule has 0 aromatic heterocycles. The van der Waals surface area contributed by atoms with Crippen LogP contribution < -0.4 is 14.8 Å². The Bertz CT molecular complexity index is 755. The van der Waals surface area contributed by atoms with Gasteiger partial charge in [-0.3, -0.25) is 4.79 Å². The Morgan fingerprint density at radius 2 is 1.65 bits per heavy atom. The summed E-state index contributed by atoms with van der Waals surface area (Å²) in [6, 6.07) is 11.8. The Balaban J connectivity index is 2.05. The molecule has 0 saturated heterocycles. The number of hydrogen-bond donors (Lipinski definition) is 1. The number of ether oxygens (including phenoxy) is 2. The van der Waals surface area contributed by atoms with Gasteiger partial charge in [0.1, 0.15) is 0 Å². The molecule has 2 aromatic rings. The van der Waals surface area contributed by atoms with Crippen molar-refractivity contribution in [3.63, 3.8) is 0 Å². The number of rotatable bonds is 8. The minimum atomic E-state index is -0.107. The van der Waals surface area contributed by atoms with Gasteiger partial charge >= 0.3 is 0 Å². The van der Waals surface area contributed by atoms with Gasteiger partial charge in [-0.15, -0.1) is 0 Å².